The summed E-state index contributed by atoms with van der Waals surface area (Å²) in [5.41, 5.74) is 6.44. The molecule has 13 atom stereocenters. The fourth-order valence-electron chi connectivity index (χ4n) is 14.2. The molecule has 13 unspecified atom stereocenters. The first kappa shape index (κ1) is 50.7. The van der Waals surface area contributed by atoms with Crippen LogP contribution in [0.2, 0.25) is 0 Å². The minimum absolute atomic E-state index is 0.00705. The molecule has 5 aromatic rings. The molecule has 4 fully saturated rings. The number of H-pyrrole nitrogens is 1. The number of carbonyl (C=O) groups is 1. The molecule has 77 heavy (non-hydrogen) atoms. The van der Waals surface area contributed by atoms with E-state index in [1.54, 1.807) is 12.1 Å². The fraction of sp³-hybridized carbons (Fsp3) is 0.418. The summed E-state index contributed by atoms with van der Waals surface area (Å²) in [5, 5.41) is 116. The van der Waals surface area contributed by atoms with Gasteiger partial charge < -0.3 is 96.4 Å². The predicted octanol–water partition coefficient (Wildman–Crippen LogP) is 2.08. The number of dihydropyridines is 1. The Morgan fingerprint density at radius 1 is 0.948 bits per heavy atom. The van der Waals surface area contributed by atoms with E-state index in [9.17, 15) is 55.5 Å². The van der Waals surface area contributed by atoms with Gasteiger partial charge in [0.05, 0.1) is 12.4 Å². The normalized spacial score (nSPS) is 32.3. The van der Waals surface area contributed by atoms with E-state index in [1.807, 2.05) is 6.08 Å². The third kappa shape index (κ3) is 7.56. The summed E-state index contributed by atoms with van der Waals surface area (Å²) in [5.74, 6) is -3.27. The molecule has 406 valence electrons. The number of aliphatic hydroxyl groups is 6. The van der Waals surface area contributed by atoms with Crippen molar-refractivity contribution in [1.29, 1.82) is 0 Å². The number of rotatable bonds is 13. The number of hydrogen-bond acceptors (Lipinski definition) is 20. The van der Waals surface area contributed by atoms with Gasteiger partial charge in [-0.1, -0.05) is 12.1 Å². The summed E-state index contributed by atoms with van der Waals surface area (Å²) >= 11 is 0. The maximum Gasteiger partial charge on any atom is 0.336 e. The summed E-state index contributed by atoms with van der Waals surface area (Å²) in [6.07, 6.45) is -3.86. The van der Waals surface area contributed by atoms with Gasteiger partial charge in [-0.05, 0) is 128 Å². The Morgan fingerprint density at radius 2 is 1.73 bits per heavy atom. The molecule has 2 saturated heterocycles. The number of aliphatic hydroxyl groups excluding tert-OH is 4. The van der Waals surface area contributed by atoms with Gasteiger partial charge in [-0.15, -0.1) is 0 Å². The van der Waals surface area contributed by atoms with E-state index in [1.165, 1.54) is 54.6 Å². The number of nitrogen functional groups attached to an aromatic ring is 1. The number of anilines is 1. The van der Waals surface area contributed by atoms with Crippen LogP contribution in [-0.2, 0) is 9.53 Å². The van der Waals surface area contributed by atoms with Crippen LogP contribution < -0.4 is 47.1 Å². The number of hydrogen-bond donors (Lipinski definition) is 15. The summed E-state index contributed by atoms with van der Waals surface area (Å²) in [6.45, 7) is 0.490. The molecule has 4 aliphatic carbocycles. The molecule has 2 saturated carbocycles. The molecule has 2 aromatic heterocycles. The molecule has 1 spiro atoms. The summed E-state index contributed by atoms with van der Waals surface area (Å²) in [6, 6.07) is 16.1. The number of carboxylic acid groups (broad SMARTS) is 1. The van der Waals surface area contributed by atoms with Crippen LogP contribution in [-0.4, -0.2) is 125 Å². The minimum atomic E-state index is -2.77. The van der Waals surface area contributed by atoms with E-state index in [-0.39, 0.29) is 53.2 Å². The van der Waals surface area contributed by atoms with E-state index in [4.69, 9.17) is 34.8 Å². The average Bonchev–Trinajstić information content (AvgIpc) is 4.24. The largest absolute Gasteiger partial charge is 0.508 e. The van der Waals surface area contributed by atoms with E-state index in [0.717, 1.165) is 49.0 Å². The minimum Gasteiger partial charge on any atom is -0.508 e. The average molecular weight is 1060 g/mol. The number of fused-ring (bicyclic) bond motifs is 5. The lowest BCUT2D eigenvalue weighted by molar-refractivity contribution is -0.362. The maximum atomic E-state index is 14.2. The Labute approximate surface area is 438 Å². The monoisotopic (exact) mass is 1060 g/mol. The Bertz CT molecular complexity index is 3340. The van der Waals surface area contributed by atoms with Crippen molar-refractivity contribution in [3.63, 3.8) is 0 Å². The van der Waals surface area contributed by atoms with Gasteiger partial charge in [0.2, 0.25) is 18.3 Å². The number of benzene rings is 3. The van der Waals surface area contributed by atoms with Gasteiger partial charge in [-0.3, -0.25) is 10.1 Å². The molecular formula is C55H60N6O16. The number of aromatic nitrogens is 1. The third-order valence-corrected chi connectivity index (χ3v) is 17.6. The van der Waals surface area contributed by atoms with Gasteiger partial charge in [-0.2, -0.15) is 0 Å². The molecule has 3 aromatic carbocycles. The number of ether oxygens (including phenoxy) is 4. The van der Waals surface area contributed by atoms with Crippen molar-refractivity contribution in [3.05, 3.63) is 129 Å². The smallest absolute Gasteiger partial charge is 0.336 e. The second kappa shape index (κ2) is 18.5. The van der Waals surface area contributed by atoms with Gasteiger partial charge in [0, 0.05) is 65.6 Å². The van der Waals surface area contributed by atoms with Gasteiger partial charge in [0.1, 0.15) is 51.9 Å². The number of phenols is 2. The molecule has 0 radical (unpaired) electrons. The highest BCUT2D eigenvalue weighted by molar-refractivity contribution is 5.90. The molecule has 22 heteroatoms. The van der Waals surface area contributed by atoms with Gasteiger partial charge >= 0.3 is 5.97 Å². The Balaban J connectivity index is 0.996. The van der Waals surface area contributed by atoms with Gasteiger partial charge in [0.15, 0.2) is 34.7 Å². The summed E-state index contributed by atoms with van der Waals surface area (Å²) in [4.78, 5) is 30.9. The van der Waals surface area contributed by atoms with E-state index < -0.39 is 106 Å². The van der Waals surface area contributed by atoms with Crippen molar-refractivity contribution in [3.8, 4) is 40.1 Å². The molecular weight excluding hydrogens is 1000 g/mol. The first-order chi connectivity index (χ1) is 36.9. The van der Waals surface area contributed by atoms with Crippen LogP contribution in [0.5, 0.6) is 28.7 Å². The SMILES string of the molecule is NC1=CC2=C(CCC3CCC4CCC5(C6CNCN6)C(=CC6(O)C(Oc7cc8oc(-c9ccc(OC(CO)C(O)c%10ccc(N)[nH]%10)cc9)cc(=O)c8c(O)c7OC(O)c7cccc(O)c7)OC(C(=O)O)C5(O)C6O)C234)CN1. The van der Waals surface area contributed by atoms with Crippen molar-refractivity contribution in [2.45, 2.75) is 92.8 Å². The van der Waals surface area contributed by atoms with Crippen LogP contribution in [0.4, 0.5) is 5.82 Å². The molecule has 0 amide bonds. The van der Waals surface area contributed by atoms with Crippen molar-refractivity contribution in [1.82, 2.24) is 20.9 Å². The first-order valence-corrected chi connectivity index (χ1v) is 25.7. The van der Waals surface area contributed by atoms with E-state index in [2.05, 4.69) is 20.9 Å². The highest BCUT2D eigenvalue weighted by Gasteiger charge is 2.81. The van der Waals surface area contributed by atoms with Crippen LogP contribution in [0.15, 0.2) is 117 Å². The molecule has 17 N–H and O–H groups in total. The van der Waals surface area contributed by atoms with Crippen LogP contribution in [0.25, 0.3) is 22.3 Å². The van der Waals surface area contributed by atoms with Crippen molar-refractivity contribution >= 4 is 22.8 Å². The van der Waals surface area contributed by atoms with Crippen LogP contribution in [0.3, 0.4) is 0 Å². The molecule has 5 heterocycles. The van der Waals surface area contributed by atoms with Crippen LogP contribution in [0, 0.1) is 22.7 Å². The highest BCUT2D eigenvalue weighted by atomic mass is 16.7. The van der Waals surface area contributed by atoms with E-state index >= 15 is 0 Å². The summed E-state index contributed by atoms with van der Waals surface area (Å²) in [7, 11) is 0. The number of carboxylic acids is 1. The van der Waals surface area contributed by atoms with Crippen molar-refractivity contribution < 1.29 is 74.1 Å². The Kier molecular flexibility index (Phi) is 12.2. The molecule has 7 aliphatic rings. The molecule has 12 rings (SSSR count). The summed E-state index contributed by atoms with van der Waals surface area (Å²) < 4.78 is 31.0. The number of allylic oxidation sites excluding steroid dienone is 2. The molecule has 3 aliphatic heterocycles. The first-order valence-electron chi connectivity index (χ1n) is 25.7. The second-order valence-electron chi connectivity index (χ2n) is 21.4. The lowest BCUT2D eigenvalue weighted by atomic mass is 9.39. The maximum absolute atomic E-state index is 14.2. The van der Waals surface area contributed by atoms with Crippen LogP contribution >= 0.6 is 0 Å². The van der Waals surface area contributed by atoms with Crippen molar-refractivity contribution in [2.75, 3.05) is 32.1 Å². The lowest BCUT2D eigenvalue weighted by Gasteiger charge is -2.70. The van der Waals surface area contributed by atoms with Crippen LogP contribution in [0.1, 0.15) is 62.2 Å². The number of phenolic OH excluding ortho intramolecular Hbond substituents is 2. The zero-order valence-electron chi connectivity index (χ0n) is 41.4. The van der Waals surface area contributed by atoms with E-state index in [0.29, 0.717) is 48.1 Å². The fourth-order valence-corrected chi connectivity index (χ4v) is 14.2. The number of nitrogens with two attached hydrogens (primary N) is 2. The van der Waals surface area contributed by atoms with Gasteiger partial charge in [0.25, 0.3) is 0 Å². The van der Waals surface area contributed by atoms with Crippen molar-refractivity contribution in [2.24, 2.45) is 28.4 Å². The lowest BCUT2D eigenvalue weighted by Crippen LogP contribution is -2.84. The predicted molar refractivity (Wildman–Crippen MR) is 273 cm³/mol. The standard InChI is InChI=1S/C55H60N6O16/c56-41-13-12-33(61-41)44(65)38(23-62)73-31-10-5-25(6-11-31)35-18-34(64)43-36(74-35)19-37(46(45(43)66)76-49(69)26-2-1-3-30(63)16-26)75-51-53(71)20-39-52(40-22-58-24-60-40,55(72,50(53)70)47(77-51)48(67)68)15-14-29-9-8-28-7-4-27-21-59-42(57)17-32(27)54(28,29)39/h1-3,5-6,10-13,16-20,28-29,38,40,44,47,49-51,58-63,65-66,69-72H,4,7-9,14-15,21-24,56-57H2,(H,67,68). The zero-order chi connectivity index (χ0) is 53.9. The second-order valence-corrected chi connectivity index (χ2v) is 21.4. The number of aromatic amines is 1. The quantitative estimate of drug-likeness (QED) is 0.0593. The number of aromatic hydroxyl groups is 2. The van der Waals surface area contributed by atoms with Gasteiger partial charge in [-0.25, -0.2) is 4.79 Å². The third-order valence-electron chi connectivity index (χ3n) is 17.6. The Hall–Kier alpha value is -7.12. The Morgan fingerprint density at radius 3 is 2.43 bits per heavy atom. The topological polar surface area (TPSA) is 370 Å². The number of nitrogens with one attached hydrogen (secondary N) is 4. The highest BCUT2D eigenvalue weighted by Crippen LogP contribution is 2.75. The molecule has 22 nitrogen and oxygen atoms in total. The molecule has 2 bridgehead atoms. The zero-order valence-corrected chi connectivity index (χ0v) is 41.4. The number of aliphatic carboxylic acids is 1.